The average Bonchev–Trinajstić information content (AvgIpc) is 2.82. The summed E-state index contributed by atoms with van der Waals surface area (Å²) in [5.41, 5.74) is 8.57. The smallest absolute Gasteiger partial charge is 0.146 e. The van der Waals surface area contributed by atoms with Crippen LogP contribution in [0.3, 0.4) is 0 Å². The summed E-state index contributed by atoms with van der Waals surface area (Å²) < 4.78 is 14.0. The highest BCUT2D eigenvalue weighted by atomic mass is 79.9. The van der Waals surface area contributed by atoms with Crippen molar-refractivity contribution in [2.45, 2.75) is 33.4 Å². The molecule has 0 atom stereocenters. The summed E-state index contributed by atoms with van der Waals surface area (Å²) in [4.78, 5) is 0. The topological polar surface area (TPSA) is 62.3 Å². The Balaban J connectivity index is 2.22. The number of hydrogen-bond acceptors (Lipinski definition) is 4. The maximum atomic E-state index is 5.93. The van der Waals surface area contributed by atoms with Gasteiger partial charge in [-0.05, 0) is 41.4 Å². The molecule has 0 saturated heterocycles. The fourth-order valence-electron chi connectivity index (χ4n) is 2.07. The highest BCUT2D eigenvalue weighted by Gasteiger charge is 2.15. The fraction of sp³-hybridized carbons (Fsp3) is 0.400. The third kappa shape index (κ3) is 3.32. The Morgan fingerprint density at radius 1 is 1.33 bits per heavy atom. The lowest BCUT2D eigenvalue weighted by molar-refractivity contribution is 0.291. The third-order valence-corrected chi connectivity index (χ3v) is 4.19. The molecule has 0 saturated carbocycles. The summed E-state index contributed by atoms with van der Waals surface area (Å²) in [5.74, 6) is 1.33. The summed E-state index contributed by atoms with van der Waals surface area (Å²) in [6.07, 6.45) is 0.877. The van der Waals surface area contributed by atoms with Crippen molar-refractivity contribution in [3.8, 4) is 11.5 Å². The van der Waals surface area contributed by atoms with E-state index in [0.717, 1.165) is 34.6 Å². The first-order valence-electron chi connectivity index (χ1n) is 6.91. The van der Waals surface area contributed by atoms with Crippen molar-refractivity contribution in [1.82, 2.24) is 9.78 Å². The number of nitrogens with two attached hydrogens (primary N) is 1. The molecule has 0 unspecified atom stereocenters. The predicted octanol–water partition coefficient (Wildman–Crippen LogP) is 3.40. The lowest BCUT2D eigenvalue weighted by Gasteiger charge is -2.11. The molecule has 0 aliphatic heterocycles. The Bertz CT molecular complexity index is 626. The minimum atomic E-state index is 0.402. The molecule has 1 aromatic heterocycles. The highest BCUT2D eigenvalue weighted by molar-refractivity contribution is 9.10. The van der Waals surface area contributed by atoms with Crippen LogP contribution in [-0.2, 0) is 19.6 Å². The van der Waals surface area contributed by atoms with Crippen LogP contribution in [0.2, 0.25) is 0 Å². The second kappa shape index (κ2) is 6.85. The zero-order chi connectivity index (χ0) is 15.4. The number of aryl methyl sites for hydroxylation is 2. The molecule has 0 bridgehead atoms. The van der Waals surface area contributed by atoms with E-state index in [0.29, 0.717) is 18.0 Å². The van der Waals surface area contributed by atoms with Crippen LogP contribution in [0.4, 0.5) is 5.69 Å². The molecule has 2 N–H and O–H groups in total. The number of hydrogen-bond donors (Lipinski definition) is 1. The molecular weight excluding hydrogens is 334 g/mol. The molecule has 1 heterocycles. The number of aromatic nitrogens is 2. The first-order chi connectivity index (χ1) is 10.1. The molecule has 0 amide bonds. The summed E-state index contributed by atoms with van der Waals surface area (Å²) in [7, 11) is 1.62. The molecule has 0 aliphatic rings. The minimum absolute atomic E-state index is 0.402. The summed E-state index contributed by atoms with van der Waals surface area (Å²) in [5, 5.41) is 4.55. The molecular formula is C15H20BrN3O2. The fourth-order valence-corrected chi connectivity index (χ4v) is 2.75. The predicted molar refractivity (Wildman–Crippen MR) is 86.7 cm³/mol. The molecule has 6 heteroatoms. The molecule has 2 aromatic rings. The Morgan fingerprint density at radius 3 is 2.71 bits per heavy atom. The number of rotatable bonds is 6. The van der Waals surface area contributed by atoms with Crippen molar-refractivity contribution in [3.63, 3.8) is 0 Å². The maximum absolute atomic E-state index is 5.93. The van der Waals surface area contributed by atoms with Gasteiger partial charge in [0.1, 0.15) is 18.1 Å². The number of anilines is 1. The molecule has 21 heavy (non-hydrogen) atoms. The number of nitrogens with zero attached hydrogens (tertiary/aromatic N) is 2. The SMILES string of the molecule is CCc1nn(CC)c(COc2cc(OC)ccc2N)c1Br. The molecule has 1 aromatic carbocycles. The monoisotopic (exact) mass is 353 g/mol. The van der Waals surface area contributed by atoms with Gasteiger partial charge in [0.05, 0.1) is 28.7 Å². The third-order valence-electron chi connectivity index (χ3n) is 3.28. The normalized spacial score (nSPS) is 10.7. The van der Waals surface area contributed by atoms with Crippen LogP contribution in [-0.4, -0.2) is 16.9 Å². The largest absolute Gasteiger partial charge is 0.497 e. The second-order valence-electron chi connectivity index (χ2n) is 4.57. The second-order valence-corrected chi connectivity index (χ2v) is 5.36. The Kier molecular flexibility index (Phi) is 5.12. The molecule has 0 fully saturated rings. The van der Waals surface area contributed by atoms with Gasteiger partial charge in [-0.3, -0.25) is 4.68 Å². The summed E-state index contributed by atoms with van der Waals surface area (Å²) in [6.45, 7) is 5.34. The lowest BCUT2D eigenvalue weighted by atomic mass is 10.3. The van der Waals surface area contributed by atoms with Crippen molar-refractivity contribution in [3.05, 3.63) is 34.1 Å². The zero-order valence-corrected chi connectivity index (χ0v) is 14.1. The summed E-state index contributed by atoms with van der Waals surface area (Å²) >= 11 is 3.60. The number of nitrogen functional groups attached to an aromatic ring is 1. The number of methoxy groups -OCH3 is 1. The van der Waals surface area contributed by atoms with E-state index >= 15 is 0 Å². The van der Waals surface area contributed by atoms with E-state index in [9.17, 15) is 0 Å². The average molecular weight is 354 g/mol. The standard InChI is InChI=1S/C15H20BrN3O2/c1-4-12-15(16)13(19(5-2)18-12)9-21-14-8-10(20-3)6-7-11(14)17/h6-8H,4-5,9,17H2,1-3H3. The van der Waals surface area contributed by atoms with Crippen LogP contribution >= 0.6 is 15.9 Å². The van der Waals surface area contributed by atoms with E-state index < -0.39 is 0 Å². The molecule has 5 nitrogen and oxygen atoms in total. The molecule has 0 radical (unpaired) electrons. The quantitative estimate of drug-likeness (QED) is 0.808. The van der Waals surface area contributed by atoms with E-state index in [2.05, 4.69) is 34.9 Å². The molecule has 0 aliphatic carbocycles. The zero-order valence-electron chi connectivity index (χ0n) is 12.5. The van der Waals surface area contributed by atoms with Gasteiger partial charge in [-0.15, -0.1) is 0 Å². The van der Waals surface area contributed by atoms with Crippen LogP contribution in [0.5, 0.6) is 11.5 Å². The first-order valence-corrected chi connectivity index (χ1v) is 7.70. The number of benzene rings is 1. The van der Waals surface area contributed by atoms with Gasteiger partial charge in [0.15, 0.2) is 0 Å². The molecule has 2 rings (SSSR count). The van der Waals surface area contributed by atoms with E-state index in [1.54, 1.807) is 19.2 Å². The van der Waals surface area contributed by atoms with Crippen LogP contribution in [0.1, 0.15) is 25.2 Å². The van der Waals surface area contributed by atoms with E-state index in [-0.39, 0.29) is 0 Å². The van der Waals surface area contributed by atoms with Gasteiger partial charge < -0.3 is 15.2 Å². The van der Waals surface area contributed by atoms with Crippen LogP contribution in [0, 0.1) is 0 Å². The van der Waals surface area contributed by atoms with Crippen LogP contribution < -0.4 is 15.2 Å². The minimum Gasteiger partial charge on any atom is -0.497 e. The van der Waals surface area contributed by atoms with Crippen molar-refractivity contribution in [2.75, 3.05) is 12.8 Å². The Morgan fingerprint density at radius 2 is 2.10 bits per heavy atom. The van der Waals surface area contributed by atoms with E-state index in [1.807, 2.05) is 10.7 Å². The van der Waals surface area contributed by atoms with Crippen molar-refractivity contribution < 1.29 is 9.47 Å². The van der Waals surface area contributed by atoms with Gasteiger partial charge in [-0.2, -0.15) is 5.10 Å². The van der Waals surface area contributed by atoms with Gasteiger partial charge in [0, 0.05) is 12.6 Å². The van der Waals surface area contributed by atoms with E-state index in [4.69, 9.17) is 15.2 Å². The van der Waals surface area contributed by atoms with E-state index in [1.165, 1.54) is 0 Å². The van der Waals surface area contributed by atoms with Gasteiger partial charge in [0.25, 0.3) is 0 Å². The van der Waals surface area contributed by atoms with Crippen molar-refractivity contribution in [1.29, 1.82) is 0 Å². The first kappa shape index (κ1) is 15.7. The van der Waals surface area contributed by atoms with Crippen molar-refractivity contribution >= 4 is 21.6 Å². The Hall–Kier alpha value is -1.69. The summed E-state index contributed by atoms with van der Waals surface area (Å²) in [6, 6.07) is 5.37. The molecule has 114 valence electrons. The number of halogens is 1. The van der Waals surface area contributed by atoms with Crippen LogP contribution in [0.15, 0.2) is 22.7 Å². The van der Waals surface area contributed by atoms with Gasteiger partial charge >= 0.3 is 0 Å². The van der Waals surface area contributed by atoms with Gasteiger partial charge in [-0.25, -0.2) is 0 Å². The van der Waals surface area contributed by atoms with Crippen LogP contribution in [0.25, 0.3) is 0 Å². The maximum Gasteiger partial charge on any atom is 0.146 e. The van der Waals surface area contributed by atoms with Gasteiger partial charge in [0.2, 0.25) is 0 Å². The van der Waals surface area contributed by atoms with Gasteiger partial charge in [-0.1, -0.05) is 6.92 Å². The Labute approximate surface area is 133 Å². The molecule has 0 spiro atoms. The van der Waals surface area contributed by atoms with Crippen molar-refractivity contribution in [2.24, 2.45) is 0 Å². The lowest BCUT2D eigenvalue weighted by Crippen LogP contribution is -2.07. The number of ether oxygens (including phenoxy) is 2. The highest BCUT2D eigenvalue weighted by Crippen LogP contribution is 2.29.